The minimum atomic E-state index is -0.263. The van der Waals surface area contributed by atoms with Crippen molar-refractivity contribution in [3.8, 4) is 0 Å². The molecule has 0 unspecified atom stereocenters. The number of rotatable bonds is 1. The predicted octanol–water partition coefficient (Wildman–Crippen LogP) is 1.72. The third kappa shape index (κ3) is 2.85. The predicted molar refractivity (Wildman–Crippen MR) is 97.6 cm³/mol. The fraction of sp³-hybridized carbons (Fsp3) is 0.0526. The first-order valence-electron chi connectivity index (χ1n) is 7.42. The lowest BCUT2D eigenvalue weighted by Crippen LogP contribution is -2.08. The first-order valence-corrected chi connectivity index (χ1v) is 7.42. The van der Waals surface area contributed by atoms with Crippen LogP contribution in [0, 0.1) is 6.92 Å². The van der Waals surface area contributed by atoms with Gasteiger partial charge < -0.3 is 5.11 Å². The van der Waals surface area contributed by atoms with Gasteiger partial charge in [0, 0.05) is 17.3 Å². The van der Waals surface area contributed by atoms with Crippen molar-refractivity contribution in [1.82, 2.24) is 4.98 Å². The average molecular weight is 309 g/mol. The first kappa shape index (κ1) is 16.1. The average Bonchev–Trinajstić information content (AvgIpc) is 2.84. The van der Waals surface area contributed by atoms with Crippen molar-refractivity contribution < 1.29 is 9.90 Å². The van der Waals surface area contributed by atoms with Gasteiger partial charge in [-0.1, -0.05) is 59.0 Å². The van der Waals surface area contributed by atoms with Crippen LogP contribution in [0.2, 0.25) is 0 Å². The van der Waals surface area contributed by atoms with Gasteiger partial charge in [-0.25, -0.2) is 0 Å². The number of nitrogens with zero attached hydrogens (tertiary/aromatic N) is 1. The van der Waals surface area contributed by atoms with Gasteiger partial charge in [-0.2, -0.15) is 0 Å². The number of aromatic nitrogens is 1. The van der Waals surface area contributed by atoms with Crippen LogP contribution in [0.5, 0.6) is 0 Å². The van der Waals surface area contributed by atoms with E-state index < -0.39 is 0 Å². The number of fused-ring (bicyclic) bond motifs is 1. The van der Waals surface area contributed by atoms with E-state index in [1.54, 1.807) is 48.5 Å². The van der Waals surface area contributed by atoms with Gasteiger partial charge in [-0.3, -0.25) is 9.78 Å². The number of Topliss-reactive ketones (excluding diaryl/α,β-unsaturated/α-hetero) is 1. The topological polar surface area (TPSA) is 50.2 Å². The lowest BCUT2D eigenvalue weighted by molar-refractivity contribution is 0.105. The van der Waals surface area contributed by atoms with Crippen molar-refractivity contribution >= 4 is 43.7 Å². The molecule has 0 bridgehead atoms. The number of allylic oxidation sites excluding steroid dienone is 1. The highest BCUT2D eigenvalue weighted by Gasteiger charge is 2.30. The number of carbonyl (C=O) groups is 1. The molecule has 0 saturated carbocycles. The third-order valence-electron chi connectivity index (χ3n) is 3.90. The molecule has 24 heavy (non-hydrogen) atoms. The molecule has 1 aromatic carbocycles. The summed E-state index contributed by atoms with van der Waals surface area (Å²) >= 11 is 0. The highest BCUT2D eigenvalue weighted by molar-refractivity contribution is 6.38. The standard InChI is InChI=1S/C19H13B2NO2/c1-11-6-9-16(22-10-12(20)7-8-15(11)21)17-18(23)13-4-2-3-5-14(13)19(17)24/h2-10,23H,1H3. The minimum absolute atomic E-state index is 0.0758. The van der Waals surface area contributed by atoms with E-state index in [9.17, 15) is 9.90 Å². The van der Waals surface area contributed by atoms with E-state index in [-0.39, 0.29) is 17.1 Å². The van der Waals surface area contributed by atoms with Crippen LogP contribution >= 0.6 is 0 Å². The zero-order valence-electron chi connectivity index (χ0n) is 13.2. The number of aliphatic hydroxyl groups excluding tert-OH is 1. The molecule has 4 radical (unpaired) electrons. The molecule has 0 spiro atoms. The van der Waals surface area contributed by atoms with Crippen molar-refractivity contribution in [3.63, 3.8) is 0 Å². The lowest BCUT2D eigenvalue weighted by Gasteiger charge is -2.01. The Morgan fingerprint density at radius 2 is 1.67 bits per heavy atom. The Morgan fingerprint density at radius 1 is 0.958 bits per heavy atom. The molecule has 1 heterocycles. The maximum Gasteiger partial charge on any atom is 0.199 e. The Labute approximate surface area is 143 Å². The fourth-order valence-electron chi connectivity index (χ4n) is 2.50. The van der Waals surface area contributed by atoms with Gasteiger partial charge in [-0.05, 0) is 13.0 Å². The van der Waals surface area contributed by atoms with Crippen LogP contribution in [0.25, 0.3) is 11.3 Å². The molecule has 2 aromatic rings. The molecule has 3 nitrogen and oxygen atoms in total. The monoisotopic (exact) mass is 309 g/mol. The van der Waals surface area contributed by atoms with Crippen molar-refractivity contribution in [2.75, 3.05) is 0 Å². The summed E-state index contributed by atoms with van der Waals surface area (Å²) in [5.74, 6) is -0.339. The lowest BCUT2D eigenvalue weighted by atomic mass is 9.91. The molecule has 1 aliphatic rings. The second-order valence-electron chi connectivity index (χ2n) is 5.55. The van der Waals surface area contributed by atoms with E-state index in [4.69, 9.17) is 15.7 Å². The number of aryl methyl sites for hydroxylation is 1. The van der Waals surface area contributed by atoms with Crippen LogP contribution < -0.4 is 10.9 Å². The highest BCUT2D eigenvalue weighted by atomic mass is 16.3. The van der Waals surface area contributed by atoms with Gasteiger partial charge in [0.2, 0.25) is 0 Å². The van der Waals surface area contributed by atoms with E-state index in [2.05, 4.69) is 4.98 Å². The number of hydrogen-bond acceptors (Lipinski definition) is 3. The molecule has 5 heteroatoms. The summed E-state index contributed by atoms with van der Waals surface area (Å²) in [6, 6.07) is 13.7. The second-order valence-corrected chi connectivity index (χ2v) is 5.55. The van der Waals surface area contributed by atoms with Crippen molar-refractivity contribution in [2.24, 2.45) is 0 Å². The number of carbonyl (C=O) groups excluding carboxylic acids is 1. The Balaban J connectivity index is 2.25. The van der Waals surface area contributed by atoms with Crippen LogP contribution in [0.1, 0.15) is 27.2 Å². The molecule has 1 aromatic heterocycles. The molecular formula is C19H13B2NO2. The second kappa shape index (κ2) is 6.36. The fourth-order valence-corrected chi connectivity index (χ4v) is 2.50. The summed E-state index contributed by atoms with van der Waals surface area (Å²) in [7, 11) is 11.8. The van der Waals surface area contributed by atoms with E-state index in [1.807, 2.05) is 6.92 Å². The summed E-state index contributed by atoms with van der Waals surface area (Å²) in [4.78, 5) is 16.9. The molecule has 0 amide bonds. The minimum Gasteiger partial charge on any atom is -0.506 e. The van der Waals surface area contributed by atoms with Gasteiger partial charge in [-0.15, -0.1) is 0 Å². The zero-order chi connectivity index (χ0) is 17.3. The normalized spacial score (nSPS) is 12.8. The first-order chi connectivity index (χ1) is 11.5. The third-order valence-corrected chi connectivity index (χ3v) is 3.90. The van der Waals surface area contributed by atoms with Crippen LogP contribution in [0.4, 0.5) is 0 Å². The van der Waals surface area contributed by atoms with Crippen molar-refractivity contribution in [3.05, 3.63) is 77.1 Å². The highest BCUT2D eigenvalue weighted by Crippen LogP contribution is 2.35. The maximum absolute atomic E-state index is 12.7. The molecule has 3 rings (SSSR count). The van der Waals surface area contributed by atoms with E-state index >= 15 is 0 Å². The molecule has 0 atom stereocenters. The van der Waals surface area contributed by atoms with Gasteiger partial charge in [0.25, 0.3) is 0 Å². The Morgan fingerprint density at radius 3 is 2.38 bits per heavy atom. The molecule has 0 aliphatic heterocycles. The van der Waals surface area contributed by atoms with E-state index in [0.29, 0.717) is 27.7 Å². The summed E-state index contributed by atoms with van der Waals surface area (Å²) < 4.78 is 0. The van der Waals surface area contributed by atoms with Crippen LogP contribution in [-0.2, 0) is 0 Å². The molecule has 1 N–H and O–H groups in total. The number of aliphatic hydroxyl groups is 1. The SMILES string of the molecule is [B]c1ccc([B])c(C)ccc(C2=C(O)c3ccccc3C2=O)nc1. The Hall–Kier alpha value is -2.81. The van der Waals surface area contributed by atoms with E-state index in [0.717, 1.165) is 5.56 Å². The maximum atomic E-state index is 12.7. The largest absolute Gasteiger partial charge is 0.506 e. The molecule has 0 saturated heterocycles. The van der Waals surface area contributed by atoms with Crippen molar-refractivity contribution in [1.29, 1.82) is 0 Å². The van der Waals surface area contributed by atoms with Crippen LogP contribution in [-0.4, -0.2) is 31.6 Å². The van der Waals surface area contributed by atoms with Crippen LogP contribution in [0.15, 0.2) is 54.7 Å². The molecule has 112 valence electrons. The van der Waals surface area contributed by atoms with E-state index in [1.165, 1.54) is 6.20 Å². The molecule has 0 fully saturated rings. The van der Waals surface area contributed by atoms with Crippen LogP contribution in [0.3, 0.4) is 0 Å². The summed E-state index contributed by atoms with van der Waals surface area (Å²) in [5.41, 5.74) is 3.21. The van der Waals surface area contributed by atoms with Gasteiger partial charge in [0.1, 0.15) is 21.5 Å². The molecule has 1 aliphatic carbocycles. The smallest absolute Gasteiger partial charge is 0.199 e. The Bertz CT molecular complexity index is 934. The van der Waals surface area contributed by atoms with Gasteiger partial charge in [0.15, 0.2) is 5.78 Å². The van der Waals surface area contributed by atoms with Gasteiger partial charge >= 0.3 is 0 Å². The summed E-state index contributed by atoms with van der Waals surface area (Å²) in [6.45, 7) is 1.84. The Kier molecular flexibility index (Phi) is 4.26. The quantitative estimate of drug-likeness (QED) is 0.816. The van der Waals surface area contributed by atoms with Crippen molar-refractivity contribution in [2.45, 2.75) is 6.92 Å². The number of benzene rings is 1. The van der Waals surface area contributed by atoms with Gasteiger partial charge in [0.05, 0.1) is 11.3 Å². The number of ketones is 1. The summed E-state index contributed by atoms with van der Waals surface area (Å²) in [5, 5.41) is 10.5. The number of hydrogen-bond donors (Lipinski definition) is 1. The summed E-state index contributed by atoms with van der Waals surface area (Å²) in [6.07, 6.45) is 1.43. The molecular weight excluding hydrogens is 296 g/mol. The zero-order valence-corrected chi connectivity index (χ0v) is 13.2.